The first-order chi connectivity index (χ1) is 4.70. The van der Waals surface area contributed by atoms with E-state index in [4.69, 9.17) is 16.2 Å². The third-order valence-electron chi connectivity index (χ3n) is 1.48. The summed E-state index contributed by atoms with van der Waals surface area (Å²) < 4.78 is 0. The summed E-state index contributed by atoms with van der Waals surface area (Å²) in [4.78, 5) is 0. The summed E-state index contributed by atoms with van der Waals surface area (Å²) in [5.41, 5.74) is 5.23. The molecule has 1 rings (SSSR count). The van der Waals surface area contributed by atoms with Crippen molar-refractivity contribution >= 4 is 5.84 Å². The fraction of sp³-hybridized carbons (Fsp3) is 0.286. The Morgan fingerprint density at radius 2 is 2.50 bits per heavy atom. The Morgan fingerprint density at radius 3 is 2.90 bits per heavy atom. The van der Waals surface area contributed by atoms with Crippen molar-refractivity contribution in [1.82, 2.24) is 0 Å². The fourth-order valence-corrected chi connectivity index (χ4v) is 0.840. The molecule has 0 amide bonds. The smallest absolute Gasteiger partial charge is 0.111 e. The summed E-state index contributed by atoms with van der Waals surface area (Å²) >= 11 is 0. The van der Waals surface area contributed by atoms with Gasteiger partial charge in [-0.25, -0.2) is 0 Å². The van der Waals surface area contributed by atoms with Gasteiger partial charge < -0.3 is 10.8 Å². The number of nitrogens with two attached hydrogens (primary N) is 1. The monoisotopic (exact) mass is 138 g/mol. The lowest BCUT2D eigenvalue weighted by Gasteiger charge is -2.10. The normalized spacial score (nSPS) is 24.0. The second kappa shape index (κ2) is 2.56. The molecule has 0 aliphatic heterocycles. The third-order valence-corrected chi connectivity index (χ3v) is 1.48. The van der Waals surface area contributed by atoms with Crippen LogP contribution in [0.15, 0.2) is 24.0 Å². The molecule has 0 radical (unpaired) electrons. The van der Waals surface area contributed by atoms with Crippen LogP contribution in [0.4, 0.5) is 0 Å². The molecular formula is C7H10N2O. The number of allylic oxidation sites excluding steroid dienone is 2. The van der Waals surface area contributed by atoms with Crippen LogP contribution in [-0.4, -0.2) is 10.9 Å². The van der Waals surface area contributed by atoms with Gasteiger partial charge in [0.25, 0.3) is 0 Å². The van der Waals surface area contributed by atoms with Gasteiger partial charge in [0, 0.05) is 5.92 Å². The molecule has 1 unspecified atom stereocenters. The van der Waals surface area contributed by atoms with Crippen molar-refractivity contribution in [2.45, 2.75) is 6.42 Å². The van der Waals surface area contributed by atoms with Crippen LogP contribution in [0.2, 0.25) is 0 Å². The van der Waals surface area contributed by atoms with Gasteiger partial charge in [-0.3, -0.25) is 5.41 Å². The zero-order valence-electron chi connectivity index (χ0n) is 5.54. The molecule has 54 valence electrons. The molecule has 0 aromatic rings. The predicted molar refractivity (Wildman–Crippen MR) is 39.9 cm³/mol. The summed E-state index contributed by atoms with van der Waals surface area (Å²) in [5.74, 6) is 0.397. The van der Waals surface area contributed by atoms with Crippen LogP contribution in [0.5, 0.6) is 0 Å². The molecule has 0 bridgehead atoms. The summed E-state index contributed by atoms with van der Waals surface area (Å²) in [6, 6.07) is 0. The summed E-state index contributed by atoms with van der Waals surface area (Å²) in [5, 5.41) is 15.9. The molecule has 0 aromatic carbocycles. The quantitative estimate of drug-likeness (QED) is 0.373. The molecule has 10 heavy (non-hydrogen) atoms. The summed E-state index contributed by atoms with van der Waals surface area (Å²) in [7, 11) is 0. The van der Waals surface area contributed by atoms with Gasteiger partial charge >= 0.3 is 0 Å². The average molecular weight is 138 g/mol. The van der Waals surface area contributed by atoms with E-state index >= 15 is 0 Å². The first kappa shape index (κ1) is 6.86. The van der Waals surface area contributed by atoms with Crippen LogP contribution < -0.4 is 5.73 Å². The van der Waals surface area contributed by atoms with E-state index in [-0.39, 0.29) is 17.5 Å². The maximum Gasteiger partial charge on any atom is 0.111 e. The molecule has 1 aliphatic rings. The average Bonchev–Trinajstić information content (AvgIpc) is 1.88. The second-order valence-electron chi connectivity index (χ2n) is 2.29. The molecule has 0 spiro atoms. The minimum absolute atomic E-state index is 0.0177. The van der Waals surface area contributed by atoms with Crippen LogP contribution in [0.3, 0.4) is 0 Å². The van der Waals surface area contributed by atoms with E-state index in [1.807, 2.05) is 0 Å². The van der Waals surface area contributed by atoms with E-state index in [9.17, 15) is 0 Å². The van der Waals surface area contributed by atoms with Crippen LogP contribution in [0.25, 0.3) is 0 Å². The predicted octanol–water partition coefficient (Wildman–Crippen LogP) is 0.940. The van der Waals surface area contributed by atoms with E-state index in [0.29, 0.717) is 6.42 Å². The molecule has 4 N–H and O–H groups in total. The number of amidine groups is 1. The summed E-state index contributed by atoms with van der Waals surface area (Å²) in [6.45, 7) is 0. The Kier molecular flexibility index (Phi) is 1.76. The van der Waals surface area contributed by atoms with E-state index < -0.39 is 0 Å². The summed E-state index contributed by atoms with van der Waals surface area (Å²) in [6.07, 6.45) is 5.59. The molecule has 3 heteroatoms. The Hall–Kier alpha value is -1.25. The van der Waals surface area contributed by atoms with Crippen molar-refractivity contribution < 1.29 is 5.11 Å². The van der Waals surface area contributed by atoms with Crippen LogP contribution in [-0.2, 0) is 0 Å². The van der Waals surface area contributed by atoms with Gasteiger partial charge in [0.1, 0.15) is 5.76 Å². The van der Waals surface area contributed by atoms with E-state index in [1.165, 1.54) is 0 Å². The van der Waals surface area contributed by atoms with E-state index in [1.54, 1.807) is 18.2 Å². The van der Waals surface area contributed by atoms with Crippen molar-refractivity contribution in [2.75, 3.05) is 0 Å². The van der Waals surface area contributed by atoms with Crippen molar-refractivity contribution in [2.24, 2.45) is 11.7 Å². The molecule has 3 nitrogen and oxygen atoms in total. The topological polar surface area (TPSA) is 70.1 Å². The van der Waals surface area contributed by atoms with Crippen LogP contribution in [0, 0.1) is 11.3 Å². The minimum atomic E-state index is -0.0177. The molecule has 1 aliphatic carbocycles. The van der Waals surface area contributed by atoms with Crippen LogP contribution >= 0.6 is 0 Å². The van der Waals surface area contributed by atoms with E-state index in [0.717, 1.165) is 0 Å². The van der Waals surface area contributed by atoms with Gasteiger partial charge in [-0.05, 0) is 18.6 Å². The molecule has 0 aromatic heterocycles. The van der Waals surface area contributed by atoms with Gasteiger partial charge in [-0.2, -0.15) is 0 Å². The van der Waals surface area contributed by atoms with Crippen molar-refractivity contribution in [3.8, 4) is 0 Å². The van der Waals surface area contributed by atoms with Crippen LogP contribution in [0.1, 0.15) is 6.42 Å². The number of nitrogens with one attached hydrogen (secondary N) is 1. The van der Waals surface area contributed by atoms with Gasteiger partial charge in [-0.1, -0.05) is 6.08 Å². The maximum absolute atomic E-state index is 8.87. The highest BCUT2D eigenvalue weighted by molar-refractivity contribution is 5.81. The standard InChI is InChI=1S/C7H10N2O/c8-7(9)5-1-3-6(10)4-2-5/h1,3-5,10H,2H2,(H3,8,9). The lowest BCUT2D eigenvalue weighted by atomic mass is 9.99. The highest BCUT2D eigenvalue weighted by Crippen LogP contribution is 2.13. The third kappa shape index (κ3) is 1.37. The van der Waals surface area contributed by atoms with Gasteiger partial charge in [-0.15, -0.1) is 0 Å². The number of hydrogen-bond donors (Lipinski definition) is 3. The molecule has 0 saturated carbocycles. The number of rotatable bonds is 1. The SMILES string of the molecule is N=C(N)C1C=CC(O)=CC1. The van der Waals surface area contributed by atoms with Gasteiger partial charge in [0.05, 0.1) is 5.84 Å². The minimum Gasteiger partial charge on any atom is -0.508 e. The first-order valence-electron chi connectivity index (χ1n) is 3.11. The largest absolute Gasteiger partial charge is 0.508 e. The lowest BCUT2D eigenvalue weighted by Crippen LogP contribution is -2.21. The lowest BCUT2D eigenvalue weighted by molar-refractivity contribution is 0.425. The fourth-order valence-electron chi connectivity index (χ4n) is 0.840. The molecule has 0 fully saturated rings. The van der Waals surface area contributed by atoms with Gasteiger partial charge in [0.15, 0.2) is 0 Å². The Morgan fingerprint density at radius 1 is 1.80 bits per heavy atom. The van der Waals surface area contributed by atoms with Crippen molar-refractivity contribution in [3.05, 3.63) is 24.0 Å². The molecule has 0 heterocycles. The first-order valence-corrected chi connectivity index (χ1v) is 3.11. The second-order valence-corrected chi connectivity index (χ2v) is 2.29. The zero-order valence-corrected chi connectivity index (χ0v) is 5.54. The molecular weight excluding hydrogens is 128 g/mol. The zero-order chi connectivity index (χ0) is 7.56. The number of hydrogen-bond acceptors (Lipinski definition) is 2. The van der Waals surface area contributed by atoms with E-state index in [2.05, 4.69) is 0 Å². The van der Waals surface area contributed by atoms with Crippen molar-refractivity contribution in [1.29, 1.82) is 5.41 Å². The Bertz CT molecular complexity index is 206. The molecule has 0 saturated heterocycles. The Labute approximate surface area is 59.4 Å². The van der Waals surface area contributed by atoms with Crippen molar-refractivity contribution in [3.63, 3.8) is 0 Å². The maximum atomic E-state index is 8.87. The highest BCUT2D eigenvalue weighted by Gasteiger charge is 2.09. The van der Waals surface area contributed by atoms with Gasteiger partial charge in [0.2, 0.25) is 0 Å². The number of aliphatic hydroxyl groups is 1. The molecule has 1 atom stereocenters. The number of aliphatic hydroxyl groups excluding tert-OH is 1. The highest BCUT2D eigenvalue weighted by atomic mass is 16.3. The Balaban J connectivity index is 2.60.